The van der Waals surface area contributed by atoms with Crippen molar-refractivity contribution < 1.29 is 14.2 Å². The molecule has 2 aromatic rings. The molecule has 0 radical (unpaired) electrons. The van der Waals surface area contributed by atoms with Crippen molar-refractivity contribution in [3.8, 4) is 5.88 Å². The van der Waals surface area contributed by atoms with Crippen LogP contribution in [-0.4, -0.2) is 17.2 Å². The number of hydrogen-bond acceptors (Lipinski definition) is 3. The molecule has 1 heterocycles. The number of pyridine rings is 1. The highest BCUT2D eigenvalue weighted by Gasteiger charge is 2.18. The molecule has 0 fully saturated rings. The first-order valence-electron chi connectivity index (χ1n) is 5.73. The van der Waals surface area contributed by atoms with E-state index in [9.17, 15) is 9.50 Å². The summed E-state index contributed by atoms with van der Waals surface area (Å²) in [6.45, 7) is 0. The first-order valence-corrected chi connectivity index (χ1v) is 6.11. The predicted octanol–water partition coefficient (Wildman–Crippen LogP) is 3.16. The molecular weight excluding hydrogens is 269 g/mol. The Morgan fingerprint density at radius 1 is 1.37 bits per heavy atom. The van der Waals surface area contributed by atoms with Crippen LogP contribution in [0.25, 0.3) is 0 Å². The highest BCUT2D eigenvalue weighted by molar-refractivity contribution is 6.31. The normalized spacial score (nSPS) is 12.2. The molecule has 1 atom stereocenters. The average Bonchev–Trinajstić information content (AvgIpc) is 2.42. The van der Waals surface area contributed by atoms with Gasteiger partial charge in [-0.15, -0.1) is 0 Å². The highest BCUT2D eigenvalue weighted by Crippen LogP contribution is 2.29. The summed E-state index contributed by atoms with van der Waals surface area (Å²) in [4.78, 5) is 4.00. The number of aromatic nitrogens is 1. The van der Waals surface area contributed by atoms with Crippen molar-refractivity contribution in [2.75, 3.05) is 7.11 Å². The fourth-order valence-corrected chi connectivity index (χ4v) is 2.10. The Balaban J connectivity index is 2.28. The van der Waals surface area contributed by atoms with Crippen LogP contribution in [0.4, 0.5) is 4.39 Å². The maximum absolute atomic E-state index is 13.7. The quantitative estimate of drug-likeness (QED) is 0.936. The standard InChI is InChI=1S/C14H13ClFNO2/c1-19-14-9(4-3-7-17-14)13(18)8-10-11(15)5-2-6-12(10)16/h2-7,13,18H,8H2,1H3. The van der Waals surface area contributed by atoms with Gasteiger partial charge < -0.3 is 9.84 Å². The number of rotatable bonds is 4. The van der Waals surface area contributed by atoms with Gasteiger partial charge in [0.05, 0.1) is 13.2 Å². The van der Waals surface area contributed by atoms with Crippen LogP contribution in [-0.2, 0) is 6.42 Å². The van der Waals surface area contributed by atoms with Gasteiger partial charge in [0, 0.05) is 28.8 Å². The van der Waals surface area contributed by atoms with Crippen molar-refractivity contribution in [1.82, 2.24) is 4.98 Å². The molecule has 5 heteroatoms. The molecule has 100 valence electrons. The molecule has 2 rings (SSSR count). The molecule has 1 aromatic carbocycles. The molecule has 1 aromatic heterocycles. The van der Waals surface area contributed by atoms with E-state index in [2.05, 4.69) is 4.98 Å². The Labute approximate surface area is 115 Å². The first-order chi connectivity index (χ1) is 9.13. The van der Waals surface area contributed by atoms with Gasteiger partial charge in [-0.05, 0) is 24.3 Å². The zero-order chi connectivity index (χ0) is 13.8. The number of halogens is 2. The summed E-state index contributed by atoms with van der Waals surface area (Å²) in [6.07, 6.45) is 0.691. The SMILES string of the molecule is COc1ncccc1C(O)Cc1c(F)cccc1Cl. The monoisotopic (exact) mass is 281 g/mol. The van der Waals surface area contributed by atoms with Crippen LogP contribution in [0.5, 0.6) is 5.88 Å². The Morgan fingerprint density at radius 3 is 2.84 bits per heavy atom. The predicted molar refractivity (Wildman–Crippen MR) is 70.9 cm³/mol. The summed E-state index contributed by atoms with van der Waals surface area (Å²) in [6, 6.07) is 7.80. The molecule has 0 saturated carbocycles. The molecule has 0 amide bonds. The minimum Gasteiger partial charge on any atom is -0.481 e. The van der Waals surface area contributed by atoms with Crippen LogP contribution in [0.3, 0.4) is 0 Å². The Kier molecular flexibility index (Phi) is 4.35. The van der Waals surface area contributed by atoms with Crippen molar-refractivity contribution in [1.29, 1.82) is 0 Å². The Bertz CT molecular complexity index is 557. The van der Waals surface area contributed by atoms with Crippen molar-refractivity contribution in [3.63, 3.8) is 0 Å². The minimum atomic E-state index is -0.932. The van der Waals surface area contributed by atoms with Gasteiger partial charge in [-0.3, -0.25) is 0 Å². The summed E-state index contributed by atoms with van der Waals surface area (Å²) >= 11 is 5.94. The van der Waals surface area contributed by atoms with Crippen LogP contribution < -0.4 is 4.74 Å². The van der Waals surface area contributed by atoms with Gasteiger partial charge in [0.1, 0.15) is 5.82 Å². The zero-order valence-corrected chi connectivity index (χ0v) is 11.1. The van der Waals surface area contributed by atoms with Crippen LogP contribution >= 0.6 is 11.6 Å². The molecular formula is C14H13ClFNO2. The lowest BCUT2D eigenvalue weighted by Gasteiger charge is -2.14. The van der Waals surface area contributed by atoms with Crippen molar-refractivity contribution >= 4 is 11.6 Å². The second-order valence-corrected chi connectivity index (χ2v) is 4.43. The van der Waals surface area contributed by atoms with Crippen LogP contribution in [0.15, 0.2) is 36.5 Å². The third-order valence-electron chi connectivity index (χ3n) is 2.81. The topological polar surface area (TPSA) is 42.4 Å². The van der Waals surface area contributed by atoms with E-state index in [4.69, 9.17) is 16.3 Å². The molecule has 1 unspecified atom stereocenters. The van der Waals surface area contributed by atoms with Crippen LogP contribution in [0.2, 0.25) is 5.02 Å². The molecule has 19 heavy (non-hydrogen) atoms. The van der Waals surface area contributed by atoms with Crippen LogP contribution in [0, 0.1) is 5.82 Å². The second-order valence-electron chi connectivity index (χ2n) is 4.02. The zero-order valence-electron chi connectivity index (χ0n) is 10.3. The molecule has 0 saturated heterocycles. The third kappa shape index (κ3) is 3.03. The fourth-order valence-electron chi connectivity index (χ4n) is 1.86. The molecule has 0 aliphatic rings. The van der Waals surface area contributed by atoms with Crippen molar-refractivity contribution in [2.24, 2.45) is 0 Å². The van der Waals surface area contributed by atoms with E-state index in [0.717, 1.165) is 0 Å². The lowest BCUT2D eigenvalue weighted by molar-refractivity contribution is 0.171. The van der Waals surface area contributed by atoms with Gasteiger partial charge in [-0.2, -0.15) is 0 Å². The summed E-state index contributed by atoms with van der Waals surface area (Å²) in [5, 5.41) is 10.5. The fraction of sp³-hybridized carbons (Fsp3) is 0.214. The summed E-state index contributed by atoms with van der Waals surface area (Å²) in [5.41, 5.74) is 0.784. The van der Waals surface area contributed by atoms with Crippen molar-refractivity contribution in [3.05, 3.63) is 58.5 Å². The summed E-state index contributed by atoms with van der Waals surface area (Å²) < 4.78 is 18.7. The lowest BCUT2D eigenvalue weighted by Crippen LogP contribution is -2.07. The van der Waals surface area contributed by atoms with Gasteiger partial charge in [0.25, 0.3) is 0 Å². The molecule has 3 nitrogen and oxygen atoms in total. The van der Waals surface area contributed by atoms with E-state index < -0.39 is 11.9 Å². The van der Waals surface area contributed by atoms with Crippen LogP contribution in [0.1, 0.15) is 17.2 Å². The van der Waals surface area contributed by atoms with Gasteiger partial charge >= 0.3 is 0 Å². The number of aliphatic hydroxyl groups excluding tert-OH is 1. The molecule has 0 aliphatic carbocycles. The van der Waals surface area contributed by atoms with E-state index in [1.54, 1.807) is 24.4 Å². The maximum atomic E-state index is 13.7. The van der Waals surface area contributed by atoms with E-state index in [1.807, 2.05) is 0 Å². The van der Waals surface area contributed by atoms with E-state index in [0.29, 0.717) is 16.5 Å². The average molecular weight is 282 g/mol. The Morgan fingerprint density at radius 2 is 2.16 bits per heavy atom. The largest absolute Gasteiger partial charge is 0.481 e. The maximum Gasteiger partial charge on any atom is 0.218 e. The second kappa shape index (κ2) is 5.99. The Hall–Kier alpha value is -1.65. The number of methoxy groups -OCH3 is 1. The van der Waals surface area contributed by atoms with E-state index >= 15 is 0 Å². The number of hydrogen-bond donors (Lipinski definition) is 1. The number of aliphatic hydroxyl groups is 1. The van der Waals surface area contributed by atoms with Gasteiger partial charge in [0.2, 0.25) is 5.88 Å². The highest BCUT2D eigenvalue weighted by atomic mass is 35.5. The summed E-state index contributed by atoms with van der Waals surface area (Å²) in [5.74, 6) is -0.114. The number of ether oxygens (including phenoxy) is 1. The minimum absolute atomic E-state index is 0.0631. The molecule has 0 spiro atoms. The summed E-state index contributed by atoms with van der Waals surface area (Å²) in [7, 11) is 1.47. The number of nitrogens with zero attached hydrogens (tertiary/aromatic N) is 1. The third-order valence-corrected chi connectivity index (χ3v) is 3.17. The molecule has 0 aliphatic heterocycles. The smallest absolute Gasteiger partial charge is 0.218 e. The number of benzene rings is 1. The first kappa shape index (κ1) is 13.8. The molecule has 1 N–H and O–H groups in total. The van der Waals surface area contributed by atoms with Gasteiger partial charge in [-0.1, -0.05) is 17.7 Å². The van der Waals surface area contributed by atoms with Crippen molar-refractivity contribution in [2.45, 2.75) is 12.5 Å². The lowest BCUT2D eigenvalue weighted by atomic mass is 10.0. The van der Waals surface area contributed by atoms with Gasteiger partial charge in [0.15, 0.2) is 0 Å². The van der Waals surface area contributed by atoms with E-state index in [1.165, 1.54) is 19.2 Å². The van der Waals surface area contributed by atoms with Gasteiger partial charge in [-0.25, -0.2) is 9.37 Å². The molecule has 0 bridgehead atoms. The van der Waals surface area contributed by atoms with E-state index in [-0.39, 0.29) is 12.0 Å².